The summed E-state index contributed by atoms with van der Waals surface area (Å²) < 4.78 is 5.77. The van der Waals surface area contributed by atoms with Gasteiger partial charge in [-0.3, -0.25) is 15.0 Å². The molecule has 1 N–H and O–H groups in total. The van der Waals surface area contributed by atoms with Gasteiger partial charge in [-0.2, -0.15) is 0 Å². The summed E-state index contributed by atoms with van der Waals surface area (Å²) in [4.78, 5) is 40.7. The van der Waals surface area contributed by atoms with Gasteiger partial charge in [0.25, 0.3) is 0 Å². The number of nitrogens with zero attached hydrogens (tertiary/aromatic N) is 2. The molecule has 210 valence electrons. The summed E-state index contributed by atoms with van der Waals surface area (Å²) in [6.07, 6.45) is 1.43. The molecule has 2 saturated heterocycles. The Balaban J connectivity index is 1.12. The lowest BCUT2D eigenvalue weighted by molar-refractivity contribution is -0.273. The Morgan fingerprint density at radius 2 is 1.73 bits per heavy atom. The van der Waals surface area contributed by atoms with Crippen LogP contribution in [0.15, 0.2) is 72.8 Å². The number of para-hydroxylation sites is 1. The topological polar surface area (TPSA) is 80.3 Å². The third-order valence-corrected chi connectivity index (χ3v) is 7.51. The molecule has 3 aromatic rings. The van der Waals surface area contributed by atoms with Crippen molar-refractivity contribution in [2.75, 3.05) is 36.5 Å². The van der Waals surface area contributed by atoms with E-state index in [0.29, 0.717) is 26.0 Å². The minimum atomic E-state index is -0.444. The number of amides is 2. The highest BCUT2D eigenvalue weighted by Gasteiger charge is 2.32. The number of anilines is 2. The number of benzene rings is 3. The number of hydrogen-bond acceptors (Lipinski definition) is 6. The van der Waals surface area contributed by atoms with Gasteiger partial charge in [0.2, 0.25) is 5.91 Å². The fraction of sp³-hybridized carbons (Fsp3) is 0.375. The predicted octanol–water partition coefficient (Wildman–Crippen LogP) is 6.08. The van der Waals surface area contributed by atoms with E-state index < -0.39 is 12.3 Å². The number of ether oxygens (including phenoxy) is 1. The average Bonchev–Trinajstić information content (AvgIpc) is 3.50. The van der Waals surface area contributed by atoms with Crippen molar-refractivity contribution in [1.29, 1.82) is 0 Å². The van der Waals surface area contributed by atoms with Gasteiger partial charge in [0.15, 0.2) is 6.23 Å². The van der Waals surface area contributed by atoms with Gasteiger partial charge >= 0.3 is 6.09 Å². The largest absolute Gasteiger partial charge is 0.446 e. The Morgan fingerprint density at radius 3 is 2.48 bits per heavy atom. The molecule has 0 aliphatic carbocycles. The normalized spacial score (nSPS) is 17.9. The number of rotatable bonds is 8. The molecular weight excluding hydrogens is 506 g/mol. The first-order chi connectivity index (χ1) is 19.5. The molecular formula is C32H37N3O5. The number of piperidine rings is 1. The van der Waals surface area contributed by atoms with Crippen LogP contribution >= 0.6 is 0 Å². The molecule has 0 spiro atoms. The lowest BCUT2D eigenvalue weighted by atomic mass is 10.0. The molecule has 2 amide bonds. The van der Waals surface area contributed by atoms with E-state index >= 15 is 0 Å². The quantitative estimate of drug-likeness (QED) is 0.347. The molecule has 1 unspecified atom stereocenters. The zero-order valence-electron chi connectivity index (χ0n) is 23.2. The molecule has 3 aromatic carbocycles. The maximum Gasteiger partial charge on any atom is 0.411 e. The van der Waals surface area contributed by atoms with Gasteiger partial charge in [-0.15, -0.1) is 0 Å². The minimum Gasteiger partial charge on any atom is -0.446 e. The van der Waals surface area contributed by atoms with E-state index in [0.717, 1.165) is 59.6 Å². The number of carbonyl (C=O) groups is 2. The van der Waals surface area contributed by atoms with Crippen molar-refractivity contribution in [3.05, 3.63) is 83.9 Å². The van der Waals surface area contributed by atoms with E-state index in [1.807, 2.05) is 86.6 Å². The molecule has 2 fully saturated rings. The summed E-state index contributed by atoms with van der Waals surface area (Å²) >= 11 is 0. The number of likely N-dealkylation sites (tertiary alicyclic amines) is 1. The van der Waals surface area contributed by atoms with Gasteiger partial charge in [-0.25, -0.2) is 14.6 Å². The molecule has 0 aromatic heterocycles. The summed E-state index contributed by atoms with van der Waals surface area (Å²) in [7, 11) is 0. The van der Waals surface area contributed by atoms with Crippen molar-refractivity contribution in [2.45, 2.75) is 51.9 Å². The molecule has 0 bridgehead atoms. The zero-order chi connectivity index (χ0) is 27.9. The third-order valence-electron chi connectivity index (χ3n) is 7.51. The smallest absolute Gasteiger partial charge is 0.411 e. The highest BCUT2D eigenvalue weighted by molar-refractivity contribution is 5.95. The SMILES string of the molecule is Cc1ccc(C)c(N(C(=O)CCN2CCC(OC(=O)Nc3ccccc3-c3ccccc3)CC2)C2CCOO2)c1. The molecule has 0 radical (unpaired) electrons. The van der Waals surface area contributed by atoms with E-state index in [9.17, 15) is 9.59 Å². The second-order valence-corrected chi connectivity index (χ2v) is 10.4. The van der Waals surface area contributed by atoms with Gasteiger partial charge in [-0.05, 0) is 55.5 Å². The monoisotopic (exact) mass is 543 g/mol. The highest BCUT2D eigenvalue weighted by atomic mass is 17.2. The Bertz CT molecular complexity index is 1300. The molecule has 8 nitrogen and oxygen atoms in total. The fourth-order valence-corrected chi connectivity index (χ4v) is 5.30. The van der Waals surface area contributed by atoms with Gasteiger partial charge in [0.1, 0.15) is 6.10 Å². The average molecular weight is 544 g/mol. The molecule has 1 atom stereocenters. The summed E-state index contributed by atoms with van der Waals surface area (Å²) in [5.41, 5.74) is 5.68. The number of carbonyl (C=O) groups excluding carboxylic acids is 2. The van der Waals surface area contributed by atoms with Crippen LogP contribution in [0.4, 0.5) is 16.2 Å². The Morgan fingerprint density at radius 1 is 0.975 bits per heavy atom. The van der Waals surface area contributed by atoms with Crippen LogP contribution in [0, 0.1) is 13.8 Å². The van der Waals surface area contributed by atoms with Gasteiger partial charge in [-0.1, -0.05) is 60.7 Å². The van der Waals surface area contributed by atoms with Crippen LogP contribution < -0.4 is 10.2 Å². The zero-order valence-corrected chi connectivity index (χ0v) is 23.2. The van der Waals surface area contributed by atoms with E-state index in [1.54, 1.807) is 4.90 Å². The van der Waals surface area contributed by atoms with Crippen LogP contribution in [0.25, 0.3) is 11.1 Å². The van der Waals surface area contributed by atoms with Gasteiger partial charge < -0.3 is 9.64 Å². The molecule has 5 rings (SSSR count). The third kappa shape index (κ3) is 6.88. The second-order valence-electron chi connectivity index (χ2n) is 10.4. The Hall–Kier alpha value is -3.72. The molecule has 0 saturated carbocycles. The molecule has 8 heteroatoms. The number of nitrogens with one attached hydrogen (secondary N) is 1. The maximum absolute atomic E-state index is 13.4. The summed E-state index contributed by atoms with van der Waals surface area (Å²) in [5.74, 6) is 0.0130. The first-order valence-electron chi connectivity index (χ1n) is 14.0. The highest BCUT2D eigenvalue weighted by Crippen LogP contribution is 2.29. The van der Waals surface area contributed by atoms with Crippen LogP contribution in [0.5, 0.6) is 0 Å². The lowest BCUT2D eigenvalue weighted by Crippen LogP contribution is -2.44. The van der Waals surface area contributed by atoms with Crippen LogP contribution in [0.1, 0.15) is 36.8 Å². The summed E-state index contributed by atoms with van der Waals surface area (Å²) in [6.45, 7) is 6.66. The maximum atomic E-state index is 13.4. The molecule has 2 aliphatic rings. The Labute approximate surface area is 235 Å². The van der Waals surface area contributed by atoms with Crippen LogP contribution in [-0.2, 0) is 19.3 Å². The van der Waals surface area contributed by atoms with Crippen molar-refractivity contribution in [3.63, 3.8) is 0 Å². The lowest BCUT2D eigenvalue weighted by Gasteiger charge is -2.33. The second kappa shape index (κ2) is 13.1. The molecule has 2 aliphatic heterocycles. The van der Waals surface area contributed by atoms with Crippen LogP contribution in [0.2, 0.25) is 0 Å². The standard InChI is InChI=1S/C32H37N3O5/c1-23-12-13-24(2)29(22-23)35(31-17-21-38-40-31)30(36)16-20-34-18-14-26(15-19-34)39-32(37)33-28-11-7-6-10-27(28)25-8-4-3-5-9-25/h3-13,22,26,31H,14-21H2,1-2H3,(H,33,37). The van der Waals surface area contributed by atoms with Crippen molar-refractivity contribution in [1.82, 2.24) is 4.90 Å². The van der Waals surface area contributed by atoms with Crippen LogP contribution in [-0.4, -0.2) is 55.5 Å². The number of aryl methyl sites for hydroxylation is 2. The first-order valence-corrected chi connectivity index (χ1v) is 14.0. The first kappa shape index (κ1) is 27.8. The van der Waals surface area contributed by atoms with Crippen molar-refractivity contribution in [2.24, 2.45) is 0 Å². The van der Waals surface area contributed by atoms with Crippen LogP contribution in [0.3, 0.4) is 0 Å². The van der Waals surface area contributed by atoms with Crippen molar-refractivity contribution >= 4 is 23.4 Å². The van der Waals surface area contributed by atoms with E-state index in [2.05, 4.69) is 10.2 Å². The van der Waals surface area contributed by atoms with Gasteiger partial charge in [0.05, 0.1) is 12.3 Å². The predicted molar refractivity (Wildman–Crippen MR) is 155 cm³/mol. The minimum absolute atomic E-state index is 0.0130. The van der Waals surface area contributed by atoms with Crippen molar-refractivity contribution < 1.29 is 24.1 Å². The number of hydrogen-bond donors (Lipinski definition) is 1. The van der Waals surface area contributed by atoms with Crippen molar-refractivity contribution in [3.8, 4) is 11.1 Å². The summed E-state index contributed by atoms with van der Waals surface area (Å²) in [6, 6.07) is 23.8. The fourth-order valence-electron chi connectivity index (χ4n) is 5.30. The summed E-state index contributed by atoms with van der Waals surface area (Å²) in [5, 5.41) is 2.92. The Kier molecular flexibility index (Phi) is 9.11. The molecule has 40 heavy (non-hydrogen) atoms. The molecule has 2 heterocycles. The van der Waals surface area contributed by atoms with E-state index in [-0.39, 0.29) is 12.0 Å². The van der Waals surface area contributed by atoms with E-state index in [1.165, 1.54) is 0 Å². The van der Waals surface area contributed by atoms with Gasteiger partial charge in [0, 0.05) is 43.7 Å². The van der Waals surface area contributed by atoms with E-state index in [4.69, 9.17) is 14.5 Å².